The average molecular weight is 325 g/mol. The molecule has 0 radical (unpaired) electrons. The lowest BCUT2D eigenvalue weighted by atomic mass is 10.2. The van der Waals surface area contributed by atoms with Gasteiger partial charge in [0.2, 0.25) is 10.0 Å². The van der Waals surface area contributed by atoms with Gasteiger partial charge in [-0.05, 0) is 30.3 Å². The van der Waals surface area contributed by atoms with Crippen LogP contribution in [0.3, 0.4) is 0 Å². The van der Waals surface area contributed by atoms with Crippen LogP contribution in [0, 0.1) is 0 Å². The van der Waals surface area contributed by atoms with E-state index in [0.717, 1.165) is 0 Å². The summed E-state index contributed by atoms with van der Waals surface area (Å²) in [5.74, 6) is -0.549. The van der Waals surface area contributed by atoms with Gasteiger partial charge in [0, 0.05) is 12.1 Å². The van der Waals surface area contributed by atoms with E-state index in [0.29, 0.717) is 5.56 Å². The first-order valence-corrected chi connectivity index (χ1v) is 7.80. The number of carbonyl (C=O) groups excluding carboxylic acids is 1. The molecule has 0 spiro atoms. The van der Waals surface area contributed by atoms with Gasteiger partial charge in [-0.3, -0.25) is 0 Å². The molecule has 0 amide bonds. The van der Waals surface area contributed by atoms with Gasteiger partial charge in [0.1, 0.15) is 0 Å². The summed E-state index contributed by atoms with van der Waals surface area (Å²) >= 11 is 0. The van der Waals surface area contributed by atoms with Crippen LogP contribution in [0.5, 0.6) is 0 Å². The van der Waals surface area contributed by atoms with Crippen molar-refractivity contribution in [3.63, 3.8) is 0 Å². The molecule has 0 aliphatic heterocycles. The molecule has 2 N–H and O–H groups in total. The lowest BCUT2D eigenvalue weighted by Gasteiger charge is -2.11. The Morgan fingerprint density at radius 2 is 2.00 bits per heavy atom. The molecule has 0 saturated carbocycles. The second kappa shape index (κ2) is 6.73. The van der Waals surface area contributed by atoms with Crippen molar-refractivity contribution in [3.8, 4) is 0 Å². The first-order chi connectivity index (χ1) is 10.4. The summed E-state index contributed by atoms with van der Waals surface area (Å²) in [5, 5.41) is 9.82. The molecule has 1 heterocycles. The van der Waals surface area contributed by atoms with Gasteiger partial charge in [-0.15, -0.1) is 0 Å². The zero-order chi connectivity index (χ0) is 16.2. The van der Waals surface area contributed by atoms with Crippen molar-refractivity contribution in [1.29, 1.82) is 0 Å². The maximum atomic E-state index is 12.1. The van der Waals surface area contributed by atoms with Crippen LogP contribution in [0.25, 0.3) is 0 Å². The minimum absolute atomic E-state index is 0.0143. The van der Waals surface area contributed by atoms with Crippen molar-refractivity contribution < 1.29 is 27.5 Å². The quantitative estimate of drug-likeness (QED) is 0.770. The third-order valence-electron chi connectivity index (χ3n) is 2.98. The number of hydrogen-bond donors (Lipinski definition) is 2. The van der Waals surface area contributed by atoms with Gasteiger partial charge in [0.05, 0.1) is 36.2 Å². The average Bonchev–Trinajstić information content (AvgIpc) is 3.06. The highest BCUT2D eigenvalue weighted by atomic mass is 32.2. The highest BCUT2D eigenvalue weighted by molar-refractivity contribution is 7.89. The van der Waals surface area contributed by atoms with Gasteiger partial charge in [-0.25, -0.2) is 17.9 Å². The topological polar surface area (TPSA) is 106 Å². The number of aliphatic hydroxyl groups is 1. The Labute approximate surface area is 127 Å². The Kier molecular flexibility index (Phi) is 4.96. The largest absolute Gasteiger partial charge is 0.472 e. The summed E-state index contributed by atoms with van der Waals surface area (Å²) in [7, 11) is -2.55. The van der Waals surface area contributed by atoms with E-state index in [2.05, 4.69) is 9.46 Å². The number of hydrogen-bond acceptors (Lipinski definition) is 6. The number of carbonyl (C=O) groups is 1. The number of benzene rings is 1. The summed E-state index contributed by atoms with van der Waals surface area (Å²) in [4.78, 5) is 11.3. The molecule has 2 rings (SSSR count). The fraction of sp³-hybridized carbons (Fsp3) is 0.214. The molecule has 8 heteroatoms. The van der Waals surface area contributed by atoms with Crippen molar-refractivity contribution in [3.05, 3.63) is 54.0 Å². The van der Waals surface area contributed by atoms with Crippen LogP contribution < -0.4 is 4.72 Å². The number of ether oxygens (including phenoxy) is 1. The van der Waals surface area contributed by atoms with Gasteiger partial charge in [-0.2, -0.15) is 0 Å². The monoisotopic (exact) mass is 325 g/mol. The van der Waals surface area contributed by atoms with E-state index in [1.54, 1.807) is 6.07 Å². The summed E-state index contributed by atoms with van der Waals surface area (Å²) in [6.07, 6.45) is 1.71. The Bertz CT molecular complexity index is 721. The molecular weight excluding hydrogens is 310 g/mol. The SMILES string of the molecule is COC(=O)c1ccc(S(=O)(=O)NC[C@@H](O)c2ccoc2)cc1. The summed E-state index contributed by atoms with van der Waals surface area (Å²) in [6.45, 7) is -0.194. The Balaban J connectivity index is 2.05. The van der Waals surface area contributed by atoms with Crippen LogP contribution in [0.4, 0.5) is 0 Å². The van der Waals surface area contributed by atoms with Crippen LogP contribution >= 0.6 is 0 Å². The number of sulfonamides is 1. The van der Waals surface area contributed by atoms with E-state index >= 15 is 0 Å². The minimum Gasteiger partial charge on any atom is -0.472 e. The molecule has 0 bridgehead atoms. The molecule has 1 aromatic carbocycles. The zero-order valence-corrected chi connectivity index (χ0v) is 12.5. The predicted molar refractivity (Wildman–Crippen MR) is 76.6 cm³/mol. The van der Waals surface area contributed by atoms with E-state index in [1.165, 1.54) is 43.9 Å². The van der Waals surface area contributed by atoms with Gasteiger partial charge >= 0.3 is 5.97 Å². The number of aliphatic hydroxyl groups excluding tert-OH is 1. The minimum atomic E-state index is -3.79. The number of furan rings is 1. The summed E-state index contributed by atoms with van der Waals surface area (Å²) in [6, 6.07) is 6.83. The zero-order valence-electron chi connectivity index (χ0n) is 11.7. The lowest BCUT2D eigenvalue weighted by molar-refractivity contribution is 0.0600. The molecule has 0 saturated heterocycles. The lowest BCUT2D eigenvalue weighted by Crippen LogP contribution is -2.28. The van der Waals surface area contributed by atoms with Gasteiger partial charge < -0.3 is 14.3 Å². The number of nitrogens with one attached hydrogen (secondary N) is 1. The second-order valence-electron chi connectivity index (χ2n) is 4.44. The maximum Gasteiger partial charge on any atom is 0.337 e. The number of rotatable bonds is 6. The standard InChI is InChI=1S/C14H15NO6S/c1-20-14(17)10-2-4-12(5-3-10)22(18,19)15-8-13(16)11-6-7-21-9-11/h2-7,9,13,15-16H,8H2,1H3/t13-/m1/s1. The van der Waals surface area contributed by atoms with E-state index in [9.17, 15) is 18.3 Å². The summed E-state index contributed by atoms with van der Waals surface area (Å²) in [5.41, 5.74) is 0.726. The highest BCUT2D eigenvalue weighted by Gasteiger charge is 2.18. The number of esters is 1. The van der Waals surface area contributed by atoms with Gasteiger partial charge in [0.25, 0.3) is 0 Å². The first kappa shape index (κ1) is 16.2. The van der Waals surface area contributed by atoms with Crippen molar-refractivity contribution in [1.82, 2.24) is 4.72 Å². The van der Waals surface area contributed by atoms with Crippen molar-refractivity contribution in [2.75, 3.05) is 13.7 Å². The van der Waals surface area contributed by atoms with Crippen molar-refractivity contribution in [2.24, 2.45) is 0 Å². The van der Waals surface area contributed by atoms with Crippen molar-refractivity contribution >= 4 is 16.0 Å². The predicted octanol–water partition coefficient (Wildman–Crippen LogP) is 1.08. The second-order valence-corrected chi connectivity index (χ2v) is 6.21. The van der Waals surface area contributed by atoms with E-state index in [4.69, 9.17) is 4.42 Å². The molecule has 22 heavy (non-hydrogen) atoms. The van der Waals surface area contributed by atoms with E-state index < -0.39 is 22.1 Å². The first-order valence-electron chi connectivity index (χ1n) is 6.32. The fourth-order valence-corrected chi connectivity index (χ4v) is 2.78. The molecule has 1 atom stereocenters. The third kappa shape index (κ3) is 3.73. The summed E-state index contributed by atoms with van der Waals surface area (Å²) < 4.78 is 35.8. The van der Waals surface area contributed by atoms with Gasteiger partial charge in [0.15, 0.2) is 0 Å². The molecule has 7 nitrogen and oxygen atoms in total. The number of methoxy groups -OCH3 is 1. The molecule has 0 aliphatic rings. The fourth-order valence-electron chi connectivity index (χ4n) is 1.74. The van der Waals surface area contributed by atoms with Crippen LogP contribution in [-0.4, -0.2) is 33.1 Å². The molecule has 118 valence electrons. The van der Waals surface area contributed by atoms with Crippen LogP contribution in [-0.2, 0) is 14.8 Å². The Morgan fingerprint density at radius 3 is 2.55 bits per heavy atom. The Morgan fingerprint density at radius 1 is 1.32 bits per heavy atom. The molecule has 0 aliphatic carbocycles. The van der Waals surface area contributed by atoms with Crippen LogP contribution in [0.2, 0.25) is 0 Å². The molecule has 0 unspecified atom stereocenters. The van der Waals surface area contributed by atoms with Crippen LogP contribution in [0.15, 0.2) is 52.2 Å². The normalized spacial score (nSPS) is 12.8. The van der Waals surface area contributed by atoms with Crippen molar-refractivity contribution in [2.45, 2.75) is 11.0 Å². The maximum absolute atomic E-state index is 12.1. The Hall–Kier alpha value is -2.16. The van der Waals surface area contributed by atoms with Crippen LogP contribution in [0.1, 0.15) is 22.0 Å². The van der Waals surface area contributed by atoms with E-state index in [-0.39, 0.29) is 17.0 Å². The molecular formula is C14H15NO6S. The smallest absolute Gasteiger partial charge is 0.337 e. The third-order valence-corrected chi connectivity index (χ3v) is 4.42. The molecule has 2 aromatic rings. The molecule has 1 aromatic heterocycles. The van der Waals surface area contributed by atoms with Gasteiger partial charge in [-0.1, -0.05) is 0 Å². The van der Waals surface area contributed by atoms with E-state index in [1.807, 2.05) is 0 Å². The molecule has 0 fully saturated rings. The highest BCUT2D eigenvalue weighted by Crippen LogP contribution is 2.15.